The minimum atomic E-state index is -0.269. The van der Waals surface area contributed by atoms with Crippen LogP contribution in [0.2, 0.25) is 0 Å². The van der Waals surface area contributed by atoms with E-state index in [4.69, 9.17) is 0 Å². The van der Waals surface area contributed by atoms with E-state index in [1.807, 2.05) is 42.5 Å². The van der Waals surface area contributed by atoms with Gasteiger partial charge in [0.2, 0.25) is 0 Å². The lowest BCUT2D eigenvalue weighted by atomic mass is 10.2. The number of aromatic nitrogens is 4. The highest BCUT2D eigenvalue weighted by Crippen LogP contribution is 2.24. The maximum atomic E-state index is 12.5. The molecule has 0 spiro atoms. The zero-order valence-corrected chi connectivity index (χ0v) is 15.9. The van der Waals surface area contributed by atoms with Gasteiger partial charge in [-0.15, -0.1) is 0 Å². The van der Waals surface area contributed by atoms with Gasteiger partial charge in [0, 0.05) is 20.5 Å². The molecule has 0 bridgehead atoms. The summed E-state index contributed by atoms with van der Waals surface area (Å²) in [5, 5.41) is 15.0. The molecule has 25 heavy (non-hydrogen) atoms. The van der Waals surface area contributed by atoms with Crippen molar-refractivity contribution in [2.24, 2.45) is 0 Å². The molecule has 0 aliphatic heterocycles. The predicted molar refractivity (Wildman–Crippen MR) is 103 cm³/mol. The van der Waals surface area contributed by atoms with Gasteiger partial charge >= 0.3 is 0 Å². The molecule has 0 atom stereocenters. The fraction of sp³-hybridized carbons (Fsp3) is 0. The number of fused-ring (bicyclic) bond motifs is 1. The van der Waals surface area contributed by atoms with Crippen molar-refractivity contribution < 1.29 is 4.79 Å². The third-order valence-corrected chi connectivity index (χ3v) is 4.66. The van der Waals surface area contributed by atoms with Crippen LogP contribution in [-0.4, -0.2) is 25.9 Å². The number of nitrogens with one attached hydrogen (secondary N) is 2. The Morgan fingerprint density at radius 1 is 1.12 bits per heavy atom. The monoisotopic (exact) mass is 459 g/mol. The van der Waals surface area contributed by atoms with Crippen LogP contribution in [0.25, 0.3) is 16.6 Å². The molecule has 2 N–H and O–H groups in total. The van der Waals surface area contributed by atoms with Gasteiger partial charge in [0.05, 0.1) is 23.0 Å². The van der Waals surface area contributed by atoms with Crippen molar-refractivity contribution >= 4 is 54.5 Å². The van der Waals surface area contributed by atoms with Crippen LogP contribution in [0, 0.1) is 0 Å². The number of carbonyl (C=O) groups excluding carboxylic acids is 1. The number of carbonyl (C=O) groups is 1. The molecule has 6 nitrogen and oxygen atoms in total. The van der Waals surface area contributed by atoms with E-state index in [0.717, 1.165) is 25.5 Å². The molecule has 0 radical (unpaired) electrons. The lowest BCUT2D eigenvalue weighted by Gasteiger charge is -2.02. The summed E-state index contributed by atoms with van der Waals surface area (Å²) in [4.78, 5) is 12.5. The highest BCUT2D eigenvalue weighted by atomic mass is 79.9. The molecule has 0 saturated heterocycles. The lowest BCUT2D eigenvalue weighted by molar-refractivity contribution is 0.102. The van der Waals surface area contributed by atoms with Crippen LogP contribution in [0.4, 0.5) is 5.82 Å². The van der Waals surface area contributed by atoms with E-state index in [-0.39, 0.29) is 5.91 Å². The molecule has 0 saturated carbocycles. The number of hydrogen-bond acceptors (Lipinski definition) is 3. The molecule has 0 aliphatic rings. The molecule has 4 rings (SSSR count). The number of rotatable bonds is 3. The van der Waals surface area contributed by atoms with Gasteiger partial charge in [0.15, 0.2) is 5.82 Å². The van der Waals surface area contributed by atoms with Crippen molar-refractivity contribution in [3.05, 3.63) is 69.4 Å². The minimum Gasteiger partial charge on any atom is -0.304 e. The molecule has 2 heterocycles. The maximum absolute atomic E-state index is 12.5. The fourth-order valence-electron chi connectivity index (χ4n) is 2.46. The van der Waals surface area contributed by atoms with Gasteiger partial charge in [0.25, 0.3) is 5.91 Å². The molecule has 8 heteroatoms. The Morgan fingerprint density at radius 2 is 1.96 bits per heavy atom. The Morgan fingerprint density at radius 3 is 2.80 bits per heavy atom. The molecule has 2 aromatic heterocycles. The molecule has 0 fully saturated rings. The van der Waals surface area contributed by atoms with E-state index in [2.05, 4.69) is 52.5 Å². The summed E-state index contributed by atoms with van der Waals surface area (Å²) in [5.74, 6) is 0.214. The van der Waals surface area contributed by atoms with Crippen LogP contribution in [0.5, 0.6) is 0 Å². The molecule has 1 amide bonds. The van der Waals surface area contributed by atoms with Crippen molar-refractivity contribution in [1.82, 2.24) is 20.0 Å². The Balaban J connectivity index is 1.60. The van der Waals surface area contributed by atoms with Crippen LogP contribution >= 0.6 is 31.9 Å². The predicted octanol–water partition coefficient (Wildman–Crippen LogP) is 4.53. The summed E-state index contributed by atoms with van der Waals surface area (Å²) in [6.45, 7) is 0. The van der Waals surface area contributed by atoms with Crippen molar-refractivity contribution in [3.63, 3.8) is 0 Å². The fourth-order valence-corrected chi connectivity index (χ4v) is 3.21. The van der Waals surface area contributed by atoms with Gasteiger partial charge in [-0.05, 0) is 36.4 Å². The number of aromatic amines is 1. The van der Waals surface area contributed by atoms with Crippen molar-refractivity contribution in [2.75, 3.05) is 5.32 Å². The van der Waals surface area contributed by atoms with E-state index in [1.54, 1.807) is 10.9 Å². The number of amides is 1. The second kappa shape index (κ2) is 6.45. The van der Waals surface area contributed by atoms with E-state index < -0.39 is 0 Å². The Labute approximate surface area is 159 Å². The molecule has 2 aromatic carbocycles. The third kappa shape index (κ3) is 3.22. The van der Waals surface area contributed by atoms with Crippen molar-refractivity contribution in [1.29, 1.82) is 0 Å². The number of H-pyrrole nitrogens is 1. The standard InChI is InChI=1S/C17H11Br2N5O/c18-11-2-1-3-13(6-11)24-9-10(8-20-24)17(25)21-16-14-7-12(19)4-5-15(14)22-23-16/h1-9H,(H2,21,22,23,25). The minimum absolute atomic E-state index is 0.269. The van der Waals surface area contributed by atoms with E-state index in [0.29, 0.717) is 11.4 Å². The first-order chi connectivity index (χ1) is 12.1. The molecule has 0 aliphatic carbocycles. The first-order valence-electron chi connectivity index (χ1n) is 7.36. The van der Waals surface area contributed by atoms with Crippen LogP contribution in [0.1, 0.15) is 10.4 Å². The average molecular weight is 461 g/mol. The van der Waals surface area contributed by atoms with Crippen molar-refractivity contribution in [3.8, 4) is 5.69 Å². The summed E-state index contributed by atoms with van der Waals surface area (Å²) in [6, 6.07) is 13.4. The summed E-state index contributed by atoms with van der Waals surface area (Å²) in [6.07, 6.45) is 3.21. The molecular formula is C17H11Br2N5O. The number of halogens is 2. The molecule has 0 unspecified atom stereocenters. The number of benzene rings is 2. The summed E-state index contributed by atoms with van der Waals surface area (Å²) in [5.41, 5.74) is 2.16. The smallest absolute Gasteiger partial charge is 0.260 e. The third-order valence-electron chi connectivity index (χ3n) is 3.67. The van der Waals surface area contributed by atoms with Crippen LogP contribution < -0.4 is 5.32 Å². The maximum Gasteiger partial charge on any atom is 0.260 e. The van der Waals surface area contributed by atoms with Gasteiger partial charge in [-0.1, -0.05) is 37.9 Å². The summed E-state index contributed by atoms with van der Waals surface area (Å²) < 4.78 is 3.51. The van der Waals surface area contributed by atoms with Gasteiger partial charge in [-0.3, -0.25) is 9.89 Å². The average Bonchev–Trinajstić information content (AvgIpc) is 3.23. The zero-order chi connectivity index (χ0) is 17.4. The van der Waals surface area contributed by atoms with Gasteiger partial charge in [0.1, 0.15) is 0 Å². The van der Waals surface area contributed by atoms with Crippen LogP contribution in [0.3, 0.4) is 0 Å². The number of hydrogen-bond donors (Lipinski definition) is 2. The first kappa shape index (κ1) is 16.0. The van der Waals surface area contributed by atoms with Crippen LogP contribution in [0.15, 0.2) is 63.8 Å². The SMILES string of the molecule is O=C(Nc1n[nH]c2ccc(Br)cc12)c1cnn(-c2cccc(Br)c2)c1. The molecular weight excluding hydrogens is 450 g/mol. The number of anilines is 1. The normalized spacial score (nSPS) is 11.0. The van der Waals surface area contributed by atoms with Gasteiger partial charge < -0.3 is 5.32 Å². The first-order valence-corrected chi connectivity index (χ1v) is 8.94. The second-order valence-corrected chi connectivity index (χ2v) is 7.20. The highest BCUT2D eigenvalue weighted by molar-refractivity contribution is 9.10. The molecule has 4 aromatic rings. The summed E-state index contributed by atoms with van der Waals surface area (Å²) >= 11 is 6.85. The van der Waals surface area contributed by atoms with E-state index in [9.17, 15) is 4.79 Å². The molecule has 124 valence electrons. The van der Waals surface area contributed by atoms with Crippen LogP contribution in [-0.2, 0) is 0 Å². The quantitative estimate of drug-likeness (QED) is 0.471. The Hall–Kier alpha value is -2.45. The Bertz CT molecular complexity index is 1090. The van der Waals surface area contributed by atoms with Crippen molar-refractivity contribution in [2.45, 2.75) is 0 Å². The topological polar surface area (TPSA) is 75.6 Å². The summed E-state index contributed by atoms with van der Waals surface area (Å²) in [7, 11) is 0. The highest BCUT2D eigenvalue weighted by Gasteiger charge is 2.14. The van der Waals surface area contributed by atoms with E-state index >= 15 is 0 Å². The van der Waals surface area contributed by atoms with Gasteiger partial charge in [-0.2, -0.15) is 10.2 Å². The largest absolute Gasteiger partial charge is 0.304 e. The number of nitrogens with zero attached hydrogens (tertiary/aromatic N) is 3. The van der Waals surface area contributed by atoms with Gasteiger partial charge in [-0.25, -0.2) is 4.68 Å². The van der Waals surface area contributed by atoms with E-state index in [1.165, 1.54) is 6.20 Å². The lowest BCUT2D eigenvalue weighted by Crippen LogP contribution is -2.11. The Kier molecular flexibility index (Phi) is 4.14. The second-order valence-electron chi connectivity index (χ2n) is 5.37. The zero-order valence-electron chi connectivity index (χ0n) is 12.7.